The number of carbonyl (C=O) groups is 3. The highest BCUT2D eigenvalue weighted by Gasteiger charge is 2.14. The second kappa shape index (κ2) is 7.83. The van der Waals surface area contributed by atoms with Crippen LogP contribution >= 0.6 is 0 Å². The summed E-state index contributed by atoms with van der Waals surface area (Å²) in [5.41, 5.74) is -0.297. The van der Waals surface area contributed by atoms with Gasteiger partial charge in [-0.3, -0.25) is 10.1 Å². The predicted octanol–water partition coefficient (Wildman–Crippen LogP) is 0.640. The SMILES string of the molecule is CC(C)CNC(=O)NC(=O)COc1cccnc1C(=O)O. The van der Waals surface area contributed by atoms with Gasteiger partial charge >= 0.3 is 12.0 Å². The maximum Gasteiger partial charge on any atom is 0.358 e. The second-order valence-corrected chi connectivity index (χ2v) is 4.60. The summed E-state index contributed by atoms with van der Waals surface area (Å²) in [4.78, 5) is 37.3. The Balaban J connectivity index is 2.47. The third kappa shape index (κ3) is 5.89. The zero-order valence-electron chi connectivity index (χ0n) is 11.8. The molecule has 3 N–H and O–H groups in total. The van der Waals surface area contributed by atoms with E-state index < -0.39 is 24.5 Å². The molecule has 1 rings (SSSR count). The molecule has 8 nitrogen and oxygen atoms in total. The molecule has 0 fully saturated rings. The highest BCUT2D eigenvalue weighted by molar-refractivity contribution is 5.95. The van der Waals surface area contributed by atoms with Crippen molar-refractivity contribution >= 4 is 17.9 Å². The van der Waals surface area contributed by atoms with Crippen LogP contribution in [-0.2, 0) is 4.79 Å². The van der Waals surface area contributed by atoms with Crippen molar-refractivity contribution in [3.05, 3.63) is 24.0 Å². The largest absolute Gasteiger partial charge is 0.481 e. The topological polar surface area (TPSA) is 118 Å². The van der Waals surface area contributed by atoms with Gasteiger partial charge in [0.25, 0.3) is 5.91 Å². The molecule has 3 amide bonds. The molecule has 0 aliphatic heterocycles. The van der Waals surface area contributed by atoms with Gasteiger partial charge in [-0.1, -0.05) is 13.8 Å². The summed E-state index contributed by atoms with van der Waals surface area (Å²) in [6, 6.07) is 2.24. The Hall–Kier alpha value is -2.64. The highest BCUT2D eigenvalue weighted by Crippen LogP contribution is 2.14. The lowest BCUT2D eigenvalue weighted by Gasteiger charge is -2.10. The van der Waals surface area contributed by atoms with Gasteiger partial charge in [0.15, 0.2) is 18.1 Å². The van der Waals surface area contributed by atoms with Gasteiger partial charge in [0.2, 0.25) is 0 Å². The van der Waals surface area contributed by atoms with E-state index in [-0.39, 0.29) is 17.4 Å². The van der Waals surface area contributed by atoms with Gasteiger partial charge in [-0.2, -0.15) is 0 Å². The average Bonchev–Trinajstić information content (AvgIpc) is 2.43. The van der Waals surface area contributed by atoms with Crippen LogP contribution in [0.1, 0.15) is 24.3 Å². The quantitative estimate of drug-likeness (QED) is 0.709. The molecular formula is C13H17N3O5. The molecule has 0 atom stereocenters. The standard InChI is InChI=1S/C13H17N3O5/c1-8(2)6-15-13(20)16-10(17)7-21-9-4-3-5-14-11(9)12(18)19/h3-5,8H,6-7H2,1-2H3,(H,18,19)(H2,15,16,17,20). The molecule has 1 heterocycles. The summed E-state index contributed by atoms with van der Waals surface area (Å²) in [5.74, 6) is -1.73. The van der Waals surface area contributed by atoms with E-state index in [9.17, 15) is 14.4 Å². The van der Waals surface area contributed by atoms with Crippen molar-refractivity contribution in [1.29, 1.82) is 0 Å². The first-order chi connectivity index (χ1) is 9.90. The molecular weight excluding hydrogens is 278 g/mol. The van der Waals surface area contributed by atoms with E-state index in [4.69, 9.17) is 9.84 Å². The number of amides is 3. The summed E-state index contributed by atoms with van der Waals surface area (Å²) in [6.45, 7) is 3.79. The average molecular weight is 295 g/mol. The van der Waals surface area contributed by atoms with Crippen LogP contribution in [-0.4, -0.2) is 41.1 Å². The fraction of sp³-hybridized carbons (Fsp3) is 0.385. The first-order valence-corrected chi connectivity index (χ1v) is 6.29. The van der Waals surface area contributed by atoms with Crippen LogP contribution in [0.15, 0.2) is 18.3 Å². The number of urea groups is 1. The van der Waals surface area contributed by atoms with E-state index in [1.54, 1.807) is 0 Å². The summed E-state index contributed by atoms with van der Waals surface area (Å²) in [6.07, 6.45) is 1.30. The van der Waals surface area contributed by atoms with Gasteiger partial charge in [-0.25, -0.2) is 14.6 Å². The molecule has 0 saturated heterocycles. The monoisotopic (exact) mass is 295 g/mol. The number of imide groups is 1. The Morgan fingerprint density at radius 1 is 1.38 bits per heavy atom. The van der Waals surface area contributed by atoms with Gasteiger partial charge in [0.1, 0.15) is 0 Å². The lowest BCUT2D eigenvalue weighted by Crippen LogP contribution is -2.42. The number of aromatic carboxylic acids is 1. The lowest BCUT2D eigenvalue weighted by atomic mass is 10.2. The highest BCUT2D eigenvalue weighted by atomic mass is 16.5. The number of pyridine rings is 1. The molecule has 0 bridgehead atoms. The number of ether oxygens (including phenoxy) is 1. The Morgan fingerprint density at radius 2 is 2.10 bits per heavy atom. The first-order valence-electron chi connectivity index (χ1n) is 6.29. The van der Waals surface area contributed by atoms with Gasteiger partial charge in [0, 0.05) is 12.7 Å². The van der Waals surface area contributed by atoms with E-state index in [1.165, 1.54) is 18.3 Å². The molecule has 114 valence electrons. The fourth-order valence-electron chi connectivity index (χ4n) is 1.31. The molecule has 0 radical (unpaired) electrons. The normalized spacial score (nSPS) is 10.0. The molecule has 0 aliphatic rings. The van der Waals surface area contributed by atoms with Gasteiger partial charge in [0.05, 0.1) is 0 Å². The van der Waals surface area contributed by atoms with Crippen molar-refractivity contribution in [2.75, 3.05) is 13.2 Å². The minimum atomic E-state index is -1.26. The molecule has 0 spiro atoms. The van der Waals surface area contributed by atoms with Gasteiger partial charge in [-0.15, -0.1) is 0 Å². The van der Waals surface area contributed by atoms with Crippen LogP contribution in [0.4, 0.5) is 4.79 Å². The second-order valence-electron chi connectivity index (χ2n) is 4.60. The minimum Gasteiger partial charge on any atom is -0.481 e. The van der Waals surface area contributed by atoms with E-state index in [2.05, 4.69) is 15.6 Å². The Labute approximate surface area is 121 Å². The lowest BCUT2D eigenvalue weighted by molar-refractivity contribution is -0.122. The van der Waals surface area contributed by atoms with Crippen molar-refractivity contribution < 1.29 is 24.2 Å². The minimum absolute atomic E-state index is 0.0391. The molecule has 0 saturated carbocycles. The van der Waals surface area contributed by atoms with E-state index in [0.717, 1.165) is 0 Å². The molecule has 8 heteroatoms. The van der Waals surface area contributed by atoms with Crippen LogP contribution in [0.5, 0.6) is 5.75 Å². The first kappa shape index (κ1) is 16.4. The third-order valence-electron chi connectivity index (χ3n) is 2.26. The molecule has 1 aromatic rings. The summed E-state index contributed by atoms with van der Waals surface area (Å²) < 4.78 is 5.05. The van der Waals surface area contributed by atoms with Crippen molar-refractivity contribution in [3.63, 3.8) is 0 Å². The molecule has 0 unspecified atom stereocenters. The molecule has 0 aromatic carbocycles. The maximum atomic E-state index is 11.5. The zero-order valence-corrected chi connectivity index (χ0v) is 11.8. The number of carbonyl (C=O) groups excluding carboxylic acids is 2. The zero-order chi connectivity index (χ0) is 15.8. The van der Waals surface area contributed by atoms with Crippen LogP contribution in [0.25, 0.3) is 0 Å². The summed E-state index contributed by atoms with van der Waals surface area (Å²) in [5, 5.41) is 13.5. The number of nitrogens with zero attached hydrogens (tertiary/aromatic N) is 1. The number of nitrogens with one attached hydrogen (secondary N) is 2. The smallest absolute Gasteiger partial charge is 0.358 e. The maximum absolute atomic E-state index is 11.5. The van der Waals surface area contributed by atoms with Gasteiger partial charge < -0.3 is 15.2 Å². The van der Waals surface area contributed by atoms with Crippen LogP contribution in [0.3, 0.4) is 0 Å². The number of carboxylic acid groups (broad SMARTS) is 1. The van der Waals surface area contributed by atoms with Crippen LogP contribution in [0.2, 0.25) is 0 Å². The van der Waals surface area contributed by atoms with Gasteiger partial charge in [-0.05, 0) is 18.1 Å². The van der Waals surface area contributed by atoms with Crippen LogP contribution in [0, 0.1) is 5.92 Å². The Bertz CT molecular complexity index is 530. The molecule has 21 heavy (non-hydrogen) atoms. The van der Waals surface area contributed by atoms with Crippen molar-refractivity contribution in [2.45, 2.75) is 13.8 Å². The fourth-order valence-corrected chi connectivity index (χ4v) is 1.31. The van der Waals surface area contributed by atoms with Crippen LogP contribution < -0.4 is 15.4 Å². The van der Waals surface area contributed by atoms with E-state index in [0.29, 0.717) is 6.54 Å². The summed E-state index contributed by atoms with van der Waals surface area (Å²) >= 11 is 0. The van der Waals surface area contributed by atoms with Crippen molar-refractivity contribution in [1.82, 2.24) is 15.6 Å². The summed E-state index contributed by atoms with van der Waals surface area (Å²) in [7, 11) is 0. The van der Waals surface area contributed by atoms with Crippen molar-refractivity contribution in [3.8, 4) is 5.75 Å². The van der Waals surface area contributed by atoms with E-state index in [1.807, 2.05) is 13.8 Å². The third-order valence-corrected chi connectivity index (χ3v) is 2.26. The number of hydrogen-bond donors (Lipinski definition) is 3. The van der Waals surface area contributed by atoms with E-state index >= 15 is 0 Å². The Morgan fingerprint density at radius 3 is 2.71 bits per heavy atom. The number of rotatable bonds is 6. The number of aromatic nitrogens is 1. The number of carboxylic acids is 1. The molecule has 1 aromatic heterocycles. The van der Waals surface area contributed by atoms with Crippen molar-refractivity contribution in [2.24, 2.45) is 5.92 Å². The number of hydrogen-bond acceptors (Lipinski definition) is 5. The predicted molar refractivity (Wildman–Crippen MR) is 73.1 cm³/mol. The molecule has 0 aliphatic carbocycles. The Kier molecular flexibility index (Phi) is 6.12.